The number of nitrogens with zero attached hydrogens (tertiary/aromatic N) is 4. The fraction of sp³-hybridized carbons (Fsp3) is 0.261. The van der Waals surface area contributed by atoms with E-state index < -0.39 is 5.91 Å². The molecule has 3 rings (SSSR count). The predicted molar refractivity (Wildman–Crippen MR) is 121 cm³/mol. The molecule has 2 aromatic carbocycles. The van der Waals surface area contributed by atoms with Crippen LogP contribution in [-0.2, 0) is 5.41 Å². The number of aromatic nitrogens is 3. The maximum atomic E-state index is 13.0. The number of anilines is 1. The number of halogens is 1. The van der Waals surface area contributed by atoms with Crippen LogP contribution in [-0.4, -0.2) is 27.5 Å². The second-order valence-corrected chi connectivity index (χ2v) is 8.08. The topological polar surface area (TPSA) is 92.8 Å². The second-order valence-electron chi connectivity index (χ2n) is 7.67. The Balaban J connectivity index is 0.00000256. The summed E-state index contributed by atoms with van der Waals surface area (Å²) in [7, 11) is 0. The van der Waals surface area contributed by atoms with Crippen LogP contribution in [0, 0.1) is 62.9 Å². The van der Waals surface area contributed by atoms with Gasteiger partial charge in [0.05, 0.1) is 11.4 Å². The number of nitriles is 1. The summed E-state index contributed by atoms with van der Waals surface area (Å²) in [6, 6.07) is 15.4. The Bertz CT molecular complexity index is 1130. The summed E-state index contributed by atoms with van der Waals surface area (Å²) in [5, 5.41) is 20.2. The third-order valence-electron chi connectivity index (χ3n) is 4.51. The molecule has 0 unspecified atom stereocenters. The molecule has 0 aliphatic carbocycles. The molecule has 0 atom stereocenters. The summed E-state index contributed by atoms with van der Waals surface area (Å²) < 4.78 is 6.97. The molecule has 164 valence electrons. The van der Waals surface area contributed by atoms with Crippen LogP contribution in [0.1, 0.15) is 42.5 Å². The van der Waals surface area contributed by atoms with E-state index in [1.807, 2.05) is 18.2 Å². The third kappa shape index (κ3) is 6.13. The van der Waals surface area contributed by atoms with Gasteiger partial charge in [-0.2, -0.15) is 29.5 Å². The molecular weight excluding hydrogens is 652 g/mol. The SMILES string of the molecule is Cc1c(C(=O)Nc2cc(C(C)(C)C)ccc2OCC#N)nnn1-c1c[c-]ccc1Cl.[CH3-].[U+2]. The van der Waals surface area contributed by atoms with Crippen LogP contribution in [0.2, 0.25) is 5.02 Å². The minimum absolute atomic E-state index is 0. The summed E-state index contributed by atoms with van der Waals surface area (Å²) in [6.45, 7) is 7.81. The predicted octanol–water partition coefficient (Wildman–Crippen LogP) is 4.93. The van der Waals surface area contributed by atoms with Crippen molar-refractivity contribution < 1.29 is 40.6 Å². The summed E-state index contributed by atoms with van der Waals surface area (Å²) in [5.74, 6) is -0.0358. The van der Waals surface area contributed by atoms with Crippen LogP contribution < -0.4 is 10.1 Å². The van der Waals surface area contributed by atoms with Crippen LogP contribution in [0.5, 0.6) is 5.75 Å². The molecule has 1 heterocycles. The van der Waals surface area contributed by atoms with E-state index in [0.29, 0.717) is 27.8 Å². The average molecular weight is 676 g/mol. The maximum Gasteiger partial charge on any atom is 2.00 e. The van der Waals surface area contributed by atoms with E-state index in [2.05, 4.69) is 42.5 Å². The average Bonchev–Trinajstić information content (AvgIpc) is 3.08. The van der Waals surface area contributed by atoms with Gasteiger partial charge in [0.25, 0.3) is 5.91 Å². The molecule has 0 radical (unpaired) electrons. The number of hydrogen-bond donors (Lipinski definition) is 1. The molecule has 0 spiro atoms. The van der Waals surface area contributed by atoms with Crippen molar-refractivity contribution in [3.05, 3.63) is 71.9 Å². The van der Waals surface area contributed by atoms with E-state index in [0.717, 1.165) is 5.56 Å². The van der Waals surface area contributed by atoms with E-state index in [1.54, 1.807) is 31.2 Å². The Hall–Kier alpha value is -2.32. The molecule has 3 aromatic rings. The number of hydrogen-bond acceptors (Lipinski definition) is 5. The summed E-state index contributed by atoms with van der Waals surface area (Å²) in [4.78, 5) is 13.0. The van der Waals surface area contributed by atoms with Gasteiger partial charge >= 0.3 is 31.1 Å². The van der Waals surface area contributed by atoms with Crippen LogP contribution >= 0.6 is 11.6 Å². The molecular formula is C23H24ClN5O2U. The fourth-order valence-corrected chi connectivity index (χ4v) is 3.04. The number of nitrogens with one attached hydrogen (secondary N) is 1. The molecule has 1 aromatic heterocycles. The van der Waals surface area contributed by atoms with E-state index in [9.17, 15) is 4.79 Å². The van der Waals surface area contributed by atoms with Gasteiger partial charge in [0.1, 0.15) is 11.8 Å². The van der Waals surface area contributed by atoms with Gasteiger partial charge in [-0.1, -0.05) is 32.1 Å². The van der Waals surface area contributed by atoms with Crippen LogP contribution in [0.4, 0.5) is 5.69 Å². The smallest absolute Gasteiger partial charge is 0.477 e. The van der Waals surface area contributed by atoms with Gasteiger partial charge in [-0.15, -0.1) is 16.7 Å². The fourth-order valence-electron chi connectivity index (χ4n) is 2.84. The molecule has 0 aliphatic heterocycles. The first-order chi connectivity index (χ1) is 14.2. The molecule has 0 aliphatic rings. The number of carbonyl (C=O) groups is 1. The molecule has 1 amide bonds. The first-order valence-electron chi connectivity index (χ1n) is 9.26. The number of ether oxygens (including phenoxy) is 1. The van der Waals surface area contributed by atoms with Gasteiger partial charge in [0, 0.05) is 0 Å². The van der Waals surface area contributed by atoms with Gasteiger partial charge in [-0.25, -0.2) is 0 Å². The van der Waals surface area contributed by atoms with Crippen molar-refractivity contribution in [2.75, 3.05) is 11.9 Å². The summed E-state index contributed by atoms with van der Waals surface area (Å²) >= 11 is 6.23. The molecule has 9 heteroatoms. The molecule has 32 heavy (non-hydrogen) atoms. The number of amides is 1. The molecule has 0 fully saturated rings. The summed E-state index contributed by atoms with van der Waals surface area (Å²) in [5.41, 5.74) is 2.60. The number of benzene rings is 2. The quantitative estimate of drug-likeness (QED) is 0.388. The maximum absolute atomic E-state index is 13.0. The van der Waals surface area contributed by atoms with Crippen molar-refractivity contribution in [2.24, 2.45) is 0 Å². The molecule has 0 bridgehead atoms. The third-order valence-corrected chi connectivity index (χ3v) is 4.83. The van der Waals surface area contributed by atoms with Gasteiger partial charge in [-0.3, -0.25) is 9.48 Å². The molecule has 0 saturated heterocycles. The first-order valence-corrected chi connectivity index (χ1v) is 9.64. The normalized spacial score (nSPS) is 10.4. The number of carbonyl (C=O) groups excluding carboxylic acids is 1. The van der Waals surface area contributed by atoms with Crippen LogP contribution in [0.25, 0.3) is 5.69 Å². The monoisotopic (exact) mass is 675 g/mol. The second kappa shape index (κ2) is 11.5. The largest absolute Gasteiger partial charge is 2.00 e. The van der Waals surface area contributed by atoms with Gasteiger partial charge < -0.3 is 17.5 Å². The molecule has 1 N–H and O–H groups in total. The van der Waals surface area contributed by atoms with E-state index in [1.165, 1.54) is 4.68 Å². The van der Waals surface area contributed by atoms with Crippen molar-refractivity contribution in [3.63, 3.8) is 0 Å². The van der Waals surface area contributed by atoms with Crippen molar-refractivity contribution in [3.8, 4) is 17.5 Å². The Morgan fingerprint density at radius 3 is 2.69 bits per heavy atom. The molecule has 7 nitrogen and oxygen atoms in total. The van der Waals surface area contributed by atoms with E-state index in [-0.39, 0.29) is 56.3 Å². The van der Waals surface area contributed by atoms with Crippen molar-refractivity contribution in [1.29, 1.82) is 5.26 Å². The Kier molecular flexibility index (Phi) is 9.98. The van der Waals surface area contributed by atoms with Gasteiger partial charge in [0.15, 0.2) is 12.3 Å². The van der Waals surface area contributed by atoms with Crippen molar-refractivity contribution in [2.45, 2.75) is 33.1 Å². The zero-order valence-electron chi connectivity index (χ0n) is 18.7. The van der Waals surface area contributed by atoms with Crippen LogP contribution in [0.3, 0.4) is 0 Å². The first kappa shape index (κ1) is 27.7. The summed E-state index contributed by atoms with van der Waals surface area (Å²) in [6.07, 6.45) is 0. The van der Waals surface area contributed by atoms with Crippen molar-refractivity contribution >= 4 is 23.2 Å². The van der Waals surface area contributed by atoms with Crippen LogP contribution in [0.15, 0.2) is 36.4 Å². The zero-order chi connectivity index (χ0) is 21.9. The Labute approximate surface area is 217 Å². The molecule has 0 saturated carbocycles. The van der Waals surface area contributed by atoms with E-state index in [4.69, 9.17) is 21.6 Å². The Morgan fingerprint density at radius 1 is 1.34 bits per heavy atom. The zero-order valence-corrected chi connectivity index (χ0v) is 23.6. The number of rotatable bonds is 5. The van der Waals surface area contributed by atoms with Gasteiger partial charge in [-0.05, 0) is 40.7 Å². The minimum atomic E-state index is -0.442. The van der Waals surface area contributed by atoms with Gasteiger partial charge in [0.2, 0.25) is 0 Å². The van der Waals surface area contributed by atoms with Crippen molar-refractivity contribution in [1.82, 2.24) is 15.0 Å². The Morgan fingerprint density at radius 2 is 2.06 bits per heavy atom. The van der Waals surface area contributed by atoms with E-state index >= 15 is 0 Å². The standard InChI is InChI=1S/C22H21ClN5O2.CH3.U/c1-14-20(26-27-28(14)18-8-6-5-7-16(18)23)21(29)25-17-13-15(22(2,3)4)9-10-19(17)30-12-11-24;;/h5,7-10,13H,12H2,1-4H3,(H,25,29);1H3;/q2*-1;+2. The minimum Gasteiger partial charge on any atom is -0.477 e.